The molecule has 75 heavy (non-hydrogen) atoms. The summed E-state index contributed by atoms with van der Waals surface area (Å²) in [5.74, 6) is 3.88. The molecule has 17 rings (SSSR count). The molecule has 6 nitrogen and oxygen atoms in total. The highest BCUT2D eigenvalue weighted by Gasteiger charge is 2.52. The Kier molecular flexibility index (Phi) is 8.98. The van der Waals surface area contributed by atoms with Crippen LogP contribution in [0, 0.1) is 0 Å². The van der Waals surface area contributed by atoms with Gasteiger partial charge in [0.1, 0.15) is 0 Å². The molecule has 0 amide bonds. The maximum Gasteiger partial charge on any atom is 0.164 e. The van der Waals surface area contributed by atoms with E-state index in [0.29, 0.717) is 34.9 Å². The third-order valence-corrected chi connectivity index (χ3v) is 16.2. The third-order valence-electron chi connectivity index (χ3n) is 16.2. The van der Waals surface area contributed by atoms with Gasteiger partial charge >= 0.3 is 0 Å². The lowest BCUT2D eigenvalue weighted by atomic mass is 9.61. The Morgan fingerprint density at radius 2 is 0.560 bits per heavy atom. The molecular weight excluding hydrogens is 913 g/mol. The fraction of sp³-hybridized carbons (Fsp3) is 0.0435. The molecule has 2 heterocycles. The number of nitrogens with zero attached hydrogens (tertiary/aromatic N) is 6. The maximum absolute atomic E-state index is 5.51. The second-order valence-electron chi connectivity index (χ2n) is 20.0. The van der Waals surface area contributed by atoms with E-state index in [4.69, 9.17) is 29.9 Å². The van der Waals surface area contributed by atoms with E-state index < -0.39 is 5.41 Å². The van der Waals surface area contributed by atoms with Gasteiger partial charge in [0.25, 0.3) is 0 Å². The highest BCUT2D eigenvalue weighted by molar-refractivity contribution is 5.99. The summed E-state index contributed by atoms with van der Waals surface area (Å²) in [4.78, 5) is 31.5. The number of hydrogen-bond acceptors (Lipinski definition) is 6. The Morgan fingerprint density at radius 3 is 1.03 bits per heavy atom. The van der Waals surface area contributed by atoms with Gasteiger partial charge in [0, 0.05) is 45.2 Å². The lowest BCUT2D eigenvalue weighted by Crippen LogP contribution is -2.27. The van der Waals surface area contributed by atoms with Crippen LogP contribution < -0.4 is 0 Å². The average molecular weight is 955 g/mol. The van der Waals surface area contributed by atoms with Gasteiger partial charge in [-0.3, -0.25) is 0 Å². The minimum absolute atomic E-state index is 0.000435. The lowest BCUT2D eigenvalue weighted by Gasteiger charge is -2.42. The number of rotatable bonds is 6. The SMILES string of the molecule is c1ccc(-c2nc(-c3ccccc3)nc(-c3ccc4c(c3)C3c5ccccc5C4c4cc(-c5nc(-c6ccccc6)nc(-c6cccc7c6-c6ccccc6C76c7ccccc7-c7ccccc76)n5)ccc43)n2)cc1. The predicted molar refractivity (Wildman–Crippen MR) is 297 cm³/mol. The van der Waals surface area contributed by atoms with E-state index in [1.165, 1.54) is 72.3 Å². The molecule has 1 spiro atoms. The Balaban J connectivity index is 0.852. The van der Waals surface area contributed by atoms with Crippen molar-refractivity contribution in [3.05, 3.63) is 298 Å². The van der Waals surface area contributed by atoms with Crippen LogP contribution in [0.25, 0.3) is 90.6 Å². The largest absolute Gasteiger partial charge is 0.208 e. The molecule has 2 aromatic heterocycles. The number of hydrogen-bond donors (Lipinski definition) is 0. The first-order valence-corrected chi connectivity index (χ1v) is 25.7. The monoisotopic (exact) mass is 954 g/mol. The van der Waals surface area contributed by atoms with Crippen molar-refractivity contribution >= 4 is 0 Å². The van der Waals surface area contributed by atoms with Gasteiger partial charge in [-0.2, -0.15) is 0 Å². The highest BCUT2D eigenvalue weighted by atomic mass is 15.0. The Bertz CT molecular complexity index is 4220. The van der Waals surface area contributed by atoms with Crippen molar-refractivity contribution in [2.24, 2.45) is 0 Å². The van der Waals surface area contributed by atoms with E-state index in [1.807, 2.05) is 42.5 Å². The van der Waals surface area contributed by atoms with Crippen LogP contribution in [0.5, 0.6) is 0 Å². The highest BCUT2D eigenvalue weighted by Crippen LogP contribution is 2.64. The normalized spacial score (nSPS) is 15.3. The predicted octanol–water partition coefficient (Wildman–Crippen LogP) is 15.4. The van der Waals surface area contributed by atoms with Crippen LogP contribution in [0.2, 0.25) is 0 Å². The molecule has 5 aliphatic rings. The number of benzene rings is 10. The number of fused-ring (bicyclic) bond motifs is 10. The summed E-state index contributed by atoms with van der Waals surface area (Å²) >= 11 is 0. The summed E-state index contributed by atoms with van der Waals surface area (Å²) in [5.41, 5.74) is 23.1. The number of aromatic nitrogens is 6. The van der Waals surface area contributed by atoms with Crippen LogP contribution in [-0.2, 0) is 5.41 Å². The summed E-state index contributed by atoms with van der Waals surface area (Å²) < 4.78 is 0. The lowest BCUT2D eigenvalue weighted by molar-refractivity contribution is 0.754. The van der Waals surface area contributed by atoms with Crippen molar-refractivity contribution in [3.63, 3.8) is 0 Å². The molecule has 2 bridgehead atoms. The standard InChI is InChI=1S/C69H42N6/c1-4-19-41(20-5-1)63-70-64(42-21-6-2-7-22-42)72-66(71-63)44-35-37-50-54(39-44)60-48-27-10-11-28-49(48)61(50)55-40-45(36-38-51(55)60)67-73-65(43-23-8-3-9-24-43)74-68(75-67)53-30-18-34-59-62(53)52-29-14-17-33-58(52)69(59)56-31-15-12-25-46(56)47-26-13-16-32-57(47)69/h1-40,60-61H. The summed E-state index contributed by atoms with van der Waals surface area (Å²) in [6, 6.07) is 86.8. The molecule has 0 saturated heterocycles. The zero-order chi connectivity index (χ0) is 49.2. The van der Waals surface area contributed by atoms with Gasteiger partial charge in [-0.1, -0.05) is 231 Å². The molecule has 0 saturated carbocycles. The molecule has 12 aromatic rings. The second kappa shape index (κ2) is 16.1. The quantitative estimate of drug-likeness (QED) is 0.165. The molecule has 2 atom stereocenters. The van der Waals surface area contributed by atoms with Gasteiger partial charge in [0.15, 0.2) is 34.9 Å². The van der Waals surface area contributed by atoms with E-state index in [-0.39, 0.29) is 11.8 Å². The van der Waals surface area contributed by atoms with E-state index in [1.54, 1.807) is 0 Å². The van der Waals surface area contributed by atoms with Crippen molar-refractivity contribution in [2.75, 3.05) is 0 Å². The Morgan fingerprint density at radius 1 is 0.227 bits per heavy atom. The van der Waals surface area contributed by atoms with Gasteiger partial charge in [-0.15, -0.1) is 0 Å². The minimum Gasteiger partial charge on any atom is -0.208 e. The molecular formula is C69H42N6. The van der Waals surface area contributed by atoms with Gasteiger partial charge in [0.05, 0.1) is 5.41 Å². The van der Waals surface area contributed by atoms with Crippen molar-refractivity contribution in [1.82, 2.24) is 29.9 Å². The fourth-order valence-corrected chi connectivity index (χ4v) is 13.1. The smallest absolute Gasteiger partial charge is 0.164 e. The first-order valence-electron chi connectivity index (χ1n) is 25.7. The van der Waals surface area contributed by atoms with Crippen molar-refractivity contribution in [2.45, 2.75) is 17.3 Å². The Labute approximate surface area is 433 Å². The third kappa shape index (κ3) is 6.08. The minimum atomic E-state index is -0.486. The summed E-state index contributed by atoms with van der Waals surface area (Å²) in [6.07, 6.45) is 0. The van der Waals surface area contributed by atoms with Gasteiger partial charge in [-0.25, -0.2) is 29.9 Å². The Hall–Kier alpha value is -9.78. The fourth-order valence-electron chi connectivity index (χ4n) is 13.1. The maximum atomic E-state index is 5.51. The van der Waals surface area contributed by atoms with Crippen molar-refractivity contribution in [1.29, 1.82) is 0 Å². The van der Waals surface area contributed by atoms with Gasteiger partial charge in [0.2, 0.25) is 0 Å². The summed E-state index contributed by atoms with van der Waals surface area (Å²) in [5, 5.41) is 0. The molecule has 0 radical (unpaired) electrons. The molecule has 6 heteroatoms. The van der Waals surface area contributed by atoms with E-state index >= 15 is 0 Å². The van der Waals surface area contributed by atoms with Crippen molar-refractivity contribution < 1.29 is 0 Å². The molecule has 10 aromatic carbocycles. The van der Waals surface area contributed by atoms with Crippen LogP contribution in [0.3, 0.4) is 0 Å². The first-order chi connectivity index (χ1) is 37.2. The van der Waals surface area contributed by atoms with Crippen LogP contribution in [0.1, 0.15) is 67.5 Å². The van der Waals surface area contributed by atoms with Crippen LogP contribution in [-0.4, -0.2) is 29.9 Å². The average Bonchev–Trinajstić information content (AvgIpc) is 4.12. The zero-order valence-corrected chi connectivity index (χ0v) is 40.4. The van der Waals surface area contributed by atoms with Gasteiger partial charge < -0.3 is 0 Å². The topological polar surface area (TPSA) is 77.3 Å². The van der Waals surface area contributed by atoms with E-state index in [2.05, 4.69) is 200 Å². The molecule has 348 valence electrons. The van der Waals surface area contributed by atoms with Crippen LogP contribution in [0.4, 0.5) is 0 Å². The van der Waals surface area contributed by atoms with E-state index in [0.717, 1.165) is 38.9 Å². The molecule has 2 unspecified atom stereocenters. The van der Waals surface area contributed by atoms with Crippen LogP contribution >= 0.6 is 0 Å². The van der Waals surface area contributed by atoms with Gasteiger partial charge in [-0.05, 0) is 90.0 Å². The van der Waals surface area contributed by atoms with Crippen LogP contribution in [0.15, 0.2) is 243 Å². The van der Waals surface area contributed by atoms with E-state index in [9.17, 15) is 0 Å². The molecule has 5 aliphatic carbocycles. The first kappa shape index (κ1) is 41.8. The molecule has 0 aliphatic heterocycles. The molecule has 0 fully saturated rings. The second-order valence-corrected chi connectivity index (χ2v) is 20.0. The van der Waals surface area contributed by atoms with Crippen molar-refractivity contribution in [3.8, 4) is 90.6 Å². The summed E-state index contributed by atoms with van der Waals surface area (Å²) in [7, 11) is 0. The molecule has 0 N–H and O–H groups in total. The summed E-state index contributed by atoms with van der Waals surface area (Å²) in [6.45, 7) is 0. The zero-order valence-electron chi connectivity index (χ0n) is 40.4.